The quantitative estimate of drug-likeness (QED) is 0.828. The number of carbonyl (C=O) groups excluding carboxylic acids is 1. The van der Waals surface area contributed by atoms with Gasteiger partial charge >= 0.3 is 0 Å². The van der Waals surface area contributed by atoms with Gasteiger partial charge in [0, 0.05) is 18.8 Å². The molecule has 1 amide bonds. The van der Waals surface area contributed by atoms with Gasteiger partial charge in [0.1, 0.15) is 11.6 Å². The van der Waals surface area contributed by atoms with Gasteiger partial charge in [-0.1, -0.05) is 6.07 Å². The fourth-order valence-corrected chi connectivity index (χ4v) is 4.96. The number of methoxy groups -OCH3 is 1. The lowest BCUT2D eigenvalue weighted by atomic mass is 9.99. The molecule has 1 heterocycles. The van der Waals surface area contributed by atoms with Gasteiger partial charge in [-0.05, 0) is 61.7 Å². The second-order valence-electron chi connectivity index (χ2n) is 6.83. The lowest BCUT2D eigenvalue weighted by Gasteiger charge is -2.31. The van der Waals surface area contributed by atoms with Gasteiger partial charge in [0.25, 0.3) is 0 Å². The number of hydrogen-bond donors (Lipinski definition) is 1. The van der Waals surface area contributed by atoms with Gasteiger partial charge in [-0.2, -0.15) is 4.31 Å². The van der Waals surface area contributed by atoms with E-state index in [1.54, 1.807) is 25.1 Å². The highest BCUT2D eigenvalue weighted by molar-refractivity contribution is 7.89. The van der Waals surface area contributed by atoms with E-state index in [1.165, 1.54) is 35.7 Å². The fraction of sp³-hybridized carbons (Fsp3) is 0.350. The van der Waals surface area contributed by atoms with Crippen LogP contribution in [0, 0.1) is 18.7 Å². The van der Waals surface area contributed by atoms with Crippen LogP contribution in [0.1, 0.15) is 18.4 Å². The summed E-state index contributed by atoms with van der Waals surface area (Å²) in [7, 11) is -2.19. The average molecular weight is 406 g/mol. The van der Waals surface area contributed by atoms with Gasteiger partial charge in [0.05, 0.1) is 17.9 Å². The second kappa shape index (κ2) is 8.28. The molecule has 2 aromatic rings. The van der Waals surface area contributed by atoms with E-state index in [9.17, 15) is 17.6 Å². The Labute approximate surface area is 164 Å². The maximum atomic E-state index is 13.3. The molecule has 1 N–H and O–H groups in total. The third-order valence-corrected chi connectivity index (χ3v) is 6.71. The maximum Gasteiger partial charge on any atom is 0.243 e. The lowest BCUT2D eigenvalue weighted by molar-refractivity contribution is -0.120. The predicted octanol–water partition coefficient (Wildman–Crippen LogP) is 3.18. The zero-order chi connectivity index (χ0) is 20.3. The number of ether oxygens (including phenoxy) is 1. The number of amides is 1. The molecule has 0 saturated carbocycles. The summed E-state index contributed by atoms with van der Waals surface area (Å²) in [5.74, 6) is -0.631. The van der Waals surface area contributed by atoms with E-state index in [0.29, 0.717) is 30.8 Å². The Hall–Kier alpha value is -2.45. The third-order valence-electron chi connectivity index (χ3n) is 4.85. The molecule has 1 atom stereocenters. The van der Waals surface area contributed by atoms with Crippen LogP contribution in [0.4, 0.5) is 10.1 Å². The first-order chi connectivity index (χ1) is 13.3. The number of piperidine rings is 1. The maximum absolute atomic E-state index is 13.3. The predicted molar refractivity (Wildman–Crippen MR) is 104 cm³/mol. The minimum Gasteiger partial charge on any atom is -0.496 e. The summed E-state index contributed by atoms with van der Waals surface area (Å²) >= 11 is 0. The Morgan fingerprint density at radius 1 is 1.25 bits per heavy atom. The van der Waals surface area contributed by atoms with Crippen molar-refractivity contribution >= 4 is 21.6 Å². The third kappa shape index (κ3) is 4.34. The second-order valence-corrected chi connectivity index (χ2v) is 8.77. The van der Waals surface area contributed by atoms with Gasteiger partial charge < -0.3 is 10.1 Å². The van der Waals surface area contributed by atoms with Crippen LogP contribution in [0.2, 0.25) is 0 Å². The summed E-state index contributed by atoms with van der Waals surface area (Å²) in [6.07, 6.45) is 1.16. The normalized spacial score (nSPS) is 17.9. The number of nitrogens with one attached hydrogen (secondary N) is 1. The number of carbonyl (C=O) groups is 1. The average Bonchev–Trinajstić information content (AvgIpc) is 2.68. The molecule has 2 aromatic carbocycles. The van der Waals surface area contributed by atoms with Gasteiger partial charge in [-0.3, -0.25) is 4.79 Å². The van der Waals surface area contributed by atoms with Crippen molar-refractivity contribution in [1.29, 1.82) is 0 Å². The van der Waals surface area contributed by atoms with E-state index in [1.807, 2.05) is 0 Å². The Bertz CT molecular complexity index is 978. The fourth-order valence-electron chi connectivity index (χ4n) is 3.35. The van der Waals surface area contributed by atoms with Crippen LogP contribution in [0.5, 0.6) is 5.75 Å². The number of rotatable bonds is 5. The highest BCUT2D eigenvalue weighted by atomic mass is 32.2. The van der Waals surface area contributed by atoms with Crippen LogP contribution < -0.4 is 10.1 Å². The molecule has 0 aromatic heterocycles. The van der Waals surface area contributed by atoms with Gasteiger partial charge in [-0.15, -0.1) is 0 Å². The molecule has 0 aliphatic carbocycles. The van der Waals surface area contributed by atoms with Gasteiger partial charge in [0.2, 0.25) is 15.9 Å². The van der Waals surface area contributed by atoms with Crippen molar-refractivity contribution in [2.45, 2.75) is 24.7 Å². The molecule has 1 unspecified atom stereocenters. The highest BCUT2D eigenvalue weighted by Gasteiger charge is 2.33. The van der Waals surface area contributed by atoms with Gasteiger partial charge in [-0.25, -0.2) is 12.8 Å². The van der Waals surface area contributed by atoms with Gasteiger partial charge in [0.15, 0.2) is 0 Å². The first-order valence-corrected chi connectivity index (χ1v) is 10.5. The van der Waals surface area contributed by atoms with E-state index >= 15 is 0 Å². The number of nitrogens with zero attached hydrogens (tertiary/aromatic N) is 1. The SMILES string of the molecule is COc1ccc(S(=O)(=O)N2CCCC(C(=O)Nc3cccc(F)c3)C2)cc1C. The van der Waals surface area contributed by atoms with E-state index in [4.69, 9.17) is 4.74 Å². The Kier molecular flexibility index (Phi) is 6.00. The molecule has 28 heavy (non-hydrogen) atoms. The van der Waals surface area contributed by atoms with Crippen LogP contribution in [0.25, 0.3) is 0 Å². The summed E-state index contributed by atoms with van der Waals surface area (Å²) in [6, 6.07) is 10.3. The number of sulfonamides is 1. The minimum absolute atomic E-state index is 0.0918. The summed E-state index contributed by atoms with van der Waals surface area (Å²) in [5, 5.41) is 2.67. The van der Waals surface area contributed by atoms with Crippen LogP contribution >= 0.6 is 0 Å². The minimum atomic E-state index is -3.72. The molecule has 1 aliphatic rings. The van der Waals surface area contributed by atoms with Crippen molar-refractivity contribution in [3.05, 3.63) is 53.8 Å². The molecule has 6 nitrogen and oxygen atoms in total. The summed E-state index contributed by atoms with van der Waals surface area (Å²) < 4.78 is 45.9. The molecule has 8 heteroatoms. The van der Waals surface area contributed by atoms with Crippen molar-refractivity contribution in [2.24, 2.45) is 5.92 Å². The zero-order valence-corrected chi connectivity index (χ0v) is 16.6. The molecule has 1 aliphatic heterocycles. The smallest absolute Gasteiger partial charge is 0.243 e. The van der Waals surface area contributed by atoms with Crippen molar-refractivity contribution in [3.63, 3.8) is 0 Å². The summed E-state index contributed by atoms with van der Waals surface area (Å²) in [6.45, 7) is 2.23. The van der Waals surface area contributed by atoms with Crippen molar-refractivity contribution in [3.8, 4) is 5.75 Å². The van der Waals surface area contributed by atoms with E-state index in [-0.39, 0.29) is 17.3 Å². The van der Waals surface area contributed by atoms with Crippen molar-refractivity contribution < 1.29 is 22.3 Å². The molecular formula is C20H23FN2O4S. The van der Waals surface area contributed by atoms with Crippen LogP contribution in [0.15, 0.2) is 47.4 Å². The van der Waals surface area contributed by atoms with E-state index < -0.39 is 21.8 Å². The topological polar surface area (TPSA) is 75.7 Å². The van der Waals surface area contributed by atoms with Crippen molar-refractivity contribution in [1.82, 2.24) is 4.31 Å². The molecule has 150 valence electrons. The molecule has 1 fully saturated rings. The summed E-state index contributed by atoms with van der Waals surface area (Å²) in [4.78, 5) is 12.7. The number of benzene rings is 2. The van der Waals surface area contributed by atoms with E-state index in [0.717, 1.165) is 5.56 Å². The zero-order valence-electron chi connectivity index (χ0n) is 15.8. The largest absolute Gasteiger partial charge is 0.496 e. The number of halogens is 1. The first-order valence-electron chi connectivity index (χ1n) is 9.02. The van der Waals surface area contributed by atoms with Crippen LogP contribution in [-0.2, 0) is 14.8 Å². The molecular weight excluding hydrogens is 383 g/mol. The lowest BCUT2D eigenvalue weighted by Crippen LogP contribution is -2.43. The Morgan fingerprint density at radius 2 is 2.04 bits per heavy atom. The standard InChI is InChI=1S/C20H23FN2O4S/c1-14-11-18(8-9-19(14)27-2)28(25,26)23-10-4-5-15(13-23)20(24)22-17-7-3-6-16(21)12-17/h3,6-9,11-12,15H,4-5,10,13H2,1-2H3,(H,22,24). The molecule has 0 bridgehead atoms. The molecule has 3 rings (SSSR count). The molecule has 0 spiro atoms. The van der Waals surface area contributed by atoms with Crippen LogP contribution in [0.3, 0.4) is 0 Å². The molecule has 1 saturated heterocycles. The van der Waals surface area contributed by atoms with Crippen molar-refractivity contribution in [2.75, 3.05) is 25.5 Å². The monoisotopic (exact) mass is 406 g/mol. The van der Waals surface area contributed by atoms with E-state index in [2.05, 4.69) is 5.32 Å². The highest BCUT2D eigenvalue weighted by Crippen LogP contribution is 2.27. The Balaban J connectivity index is 1.74. The number of hydrogen-bond acceptors (Lipinski definition) is 4. The first kappa shape index (κ1) is 20.3. The Morgan fingerprint density at radius 3 is 2.71 bits per heavy atom. The number of anilines is 1. The number of aryl methyl sites for hydroxylation is 1. The summed E-state index contributed by atoms with van der Waals surface area (Å²) in [5.41, 5.74) is 1.08. The van der Waals surface area contributed by atoms with Crippen LogP contribution in [-0.4, -0.2) is 38.8 Å². The molecule has 0 radical (unpaired) electrons.